The minimum Gasteiger partial charge on any atom is -0.382 e. The molecule has 0 saturated heterocycles. The van der Waals surface area contributed by atoms with Crippen molar-refractivity contribution in [1.82, 2.24) is 0 Å². The van der Waals surface area contributed by atoms with Gasteiger partial charge in [0.15, 0.2) is 11.6 Å². The number of anilines is 1. The second-order valence-electron chi connectivity index (χ2n) is 5.11. The third-order valence-electron chi connectivity index (χ3n) is 3.67. The fraction of sp³-hybridized carbons (Fsp3) is 0.571. The lowest BCUT2D eigenvalue weighted by Gasteiger charge is -2.26. The summed E-state index contributed by atoms with van der Waals surface area (Å²) in [6.07, 6.45) is 4.87. The van der Waals surface area contributed by atoms with E-state index in [4.69, 9.17) is 0 Å². The van der Waals surface area contributed by atoms with Crippen molar-refractivity contribution in [3.05, 3.63) is 29.8 Å². The molecule has 1 aromatic carbocycles. The molecule has 1 fully saturated rings. The highest BCUT2D eigenvalue weighted by molar-refractivity contribution is 5.44. The Kier molecular flexibility index (Phi) is 3.97. The maximum absolute atomic E-state index is 13.4. The predicted molar refractivity (Wildman–Crippen MR) is 66.0 cm³/mol. The van der Waals surface area contributed by atoms with Gasteiger partial charge in [-0.1, -0.05) is 25.8 Å². The Hall–Kier alpha value is -1.12. The molecule has 1 nitrogen and oxygen atoms in total. The van der Waals surface area contributed by atoms with Crippen LogP contribution in [0.25, 0.3) is 0 Å². The molecule has 0 radical (unpaired) electrons. The first kappa shape index (κ1) is 12.3. The summed E-state index contributed by atoms with van der Waals surface area (Å²) in [5, 5.41) is 3.02. The molecule has 17 heavy (non-hydrogen) atoms. The Labute approximate surface area is 101 Å². The van der Waals surface area contributed by atoms with Crippen LogP contribution in [0.2, 0.25) is 0 Å². The van der Waals surface area contributed by atoms with Crippen LogP contribution < -0.4 is 5.32 Å². The summed E-state index contributed by atoms with van der Waals surface area (Å²) in [6, 6.07) is 4.26. The van der Waals surface area contributed by atoms with E-state index < -0.39 is 11.6 Å². The molecular formula is C14H19F2N. The highest BCUT2D eigenvalue weighted by Crippen LogP contribution is 2.28. The number of hydrogen-bond donors (Lipinski definition) is 1. The maximum Gasteiger partial charge on any atom is 0.181 e. The molecule has 0 heterocycles. The predicted octanol–water partition coefficient (Wildman–Crippen LogP) is 4.20. The van der Waals surface area contributed by atoms with Gasteiger partial charge in [-0.15, -0.1) is 0 Å². The van der Waals surface area contributed by atoms with Gasteiger partial charge in [0.2, 0.25) is 0 Å². The largest absolute Gasteiger partial charge is 0.382 e. The third-order valence-corrected chi connectivity index (χ3v) is 3.67. The van der Waals surface area contributed by atoms with Gasteiger partial charge in [-0.2, -0.15) is 0 Å². The van der Waals surface area contributed by atoms with Crippen LogP contribution in [0.15, 0.2) is 18.2 Å². The molecule has 3 heteroatoms. The lowest BCUT2D eigenvalue weighted by molar-refractivity contribution is 0.300. The maximum atomic E-state index is 13.4. The zero-order valence-corrected chi connectivity index (χ0v) is 10.2. The van der Waals surface area contributed by atoms with Crippen molar-refractivity contribution in [2.24, 2.45) is 11.8 Å². The van der Waals surface area contributed by atoms with Crippen molar-refractivity contribution < 1.29 is 8.78 Å². The molecule has 2 rings (SSSR count). The SMILES string of the molecule is CC1CCC(CNc2cccc(F)c2F)CC1. The van der Waals surface area contributed by atoms with Crippen LogP contribution in [-0.2, 0) is 0 Å². The lowest BCUT2D eigenvalue weighted by Crippen LogP contribution is -2.20. The first-order valence-corrected chi connectivity index (χ1v) is 6.34. The molecule has 0 bridgehead atoms. The van der Waals surface area contributed by atoms with Crippen molar-refractivity contribution in [2.75, 3.05) is 11.9 Å². The molecule has 1 aliphatic carbocycles. The summed E-state index contributed by atoms with van der Waals surface area (Å²) in [5.41, 5.74) is 0.281. The molecular weight excluding hydrogens is 220 g/mol. The average Bonchev–Trinajstić information content (AvgIpc) is 2.33. The zero-order chi connectivity index (χ0) is 12.3. The molecule has 0 amide bonds. The molecule has 1 aromatic rings. The summed E-state index contributed by atoms with van der Waals surface area (Å²) < 4.78 is 26.4. The van der Waals surface area contributed by atoms with Crippen LogP contribution in [0.1, 0.15) is 32.6 Å². The van der Waals surface area contributed by atoms with E-state index in [0.29, 0.717) is 5.92 Å². The van der Waals surface area contributed by atoms with Gasteiger partial charge in [-0.3, -0.25) is 0 Å². The number of halogens is 2. The molecule has 0 atom stereocenters. The molecule has 0 unspecified atom stereocenters. The topological polar surface area (TPSA) is 12.0 Å². The summed E-state index contributed by atoms with van der Waals surface area (Å²) in [5.74, 6) is -0.144. The van der Waals surface area contributed by atoms with Crippen molar-refractivity contribution in [3.63, 3.8) is 0 Å². The second kappa shape index (κ2) is 5.48. The van der Waals surface area contributed by atoms with Crippen LogP contribution in [0.4, 0.5) is 14.5 Å². The van der Waals surface area contributed by atoms with Crippen LogP contribution in [-0.4, -0.2) is 6.54 Å². The molecule has 0 aliphatic heterocycles. The van der Waals surface area contributed by atoms with E-state index in [1.54, 1.807) is 6.07 Å². The van der Waals surface area contributed by atoms with E-state index in [0.717, 1.165) is 18.5 Å². The minimum atomic E-state index is -0.785. The van der Waals surface area contributed by atoms with Crippen molar-refractivity contribution in [1.29, 1.82) is 0 Å². The highest BCUT2D eigenvalue weighted by Gasteiger charge is 2.18. The minimum absolute atomic E-state index is 0.281. The van der Waals surface area contributed by atoms with Gasteiger partial charge in [0.1, 0.15) is 0 Å². The second-order valence-corrected chi connectivity index (χ2v) is 5.11. The van der Waals surface area contributed by atoms with E-state index in [1.165, 1.54) is 31.7 Å². The zero-order valence-electron chi connectivity index (χ0n) is 10.2. The number of hydrogen-bond acceptors (Lipinski definition) is 1. The van der Waals surface area contributed by atoms with Gasteiger partial charge >= 0.3 is 0 Å². The molecule has 1 N–H and O–H groups in total. The fourth-order valence-electron chi connectivity index (χ4n) is 2.43. The van der Waals surface area contributed by atoms with E-state index in [1.807, 2.05) is 0 Å². The molecule has 1 aliphatic rings. The van der Waals surface area contributed by atoms with E-state index in [-0.39, 0.29) is 5.69 Å². The van der Waals surface area contributed by atoms with Gasteiger partial charge < -0.3 is 5.32 Å². The van der Waals surface area contributed by atoms with Crippen LogP contribution in [0, 0.1) is 23.5 Å². The highest BCUT2D eigenvalue weighted by atomic mass is 19.2. The van der Waals surface area contributed by atoms with Crippen LogP contribution >= 0.6 is 0 Å². The van der Waals surface area contributed by atoms with Crippen LogP contribution in [0.3, 0.4) is 0 Å². The van der Waals surface area contributed by atoms with E-state index >= 15 is 0 Å². The fourth-order valence-corrected chi connectivity index (χ4v) is 2.43. The van der Waals surface area contributed by atoms with Crippen molar-refractivity contribution in [3.8, 4) is 0 Å². The first-order valence-electron chi connectivity index (χ1n) is 6.34. The number of nitrogens with one attached hydrogen (secondary N) is 1. The van der Waals surface area contributed by atoms with Gasteiger partial charge in [-0.25, -0.2) is 8.78 Å². The Balaban J connectivity index is 1.87. The normalized spacial score (nSPS) is 24.6. The Bertz CT molecular complexity index is 370. The van der Waals surface area contributed by atoms with Crippen molar-refractivity contribution >= 4 is 5.69 Å². The number of benzene rings is 1. The van der Waals surface area contributed by atoms with Gasteiger partial charge in [0.25, 0.3) is 0 Å². The lowest BCUT2D eigenvalue weighted by atomic mass is 9.83. The monoisotopic (exact) mass is 239 g/mol. The third kappa shape index (κ3) is 3.18. The average molecular weight is 239 g/mol. The van der Waals surface area contributed by atoms with E-state index in [2.05, 4.69) is 12.2 Å². The molecule has 0 spiro atoms. The smallest absolute Gasteiger partial charge is 0.181 e. The van der Waals surface area contributed by atoms with Gasteiger partial charge in [0.05, 0.1) is 5.69 Å². The quantitative estimate of drug-likeness (QED) is 0.833. The standard InChI is InChI=1S/C14H19F2N/c1-10-5-7-11(8-6-10)9-17-13-4-2-3-12(15)14(13)16/h2-4,10-11,17H,5-9H2,1H3. The van der Waals surface area contributed by atoms with Gasteiger partial charge in [0, 0.05) is 6.54 Å². The van der Waals surface area contributed by atoms with Gasteiger partial charge in [-0.05, 0) is 36.8 Å². The Morgan fingerprint density at radius 1 is 1.18 bits per heavy atom. The summed E-state index contributed by atoms with van der Waals surface area (Å²) >= 11 is 0. The summed E-state index contributed by atoms with van der Waals surface area (Å²) in [4.78, 5) is 0. The molecule has 1 saturated carbocycles. The van der Waals surface area contributed by atoms with Crippen LogP contribution in [0.5, 0.6) is 0 Å². The first-order chi connectivity index (χ1) is 8.16. The van der Waals surface area contributed by atoms with E-state index in [9.17, 15) is 8.78 Å². The summed E-state index contributed by atoms with van der Waals surface area (Å²) in [6.45, 7) is 3.02. The number of rotatable bonds is 3. The molecule has 94 valence electrons. The Morgan fingerprint density at radius 2 is 1.88 bits per heavy atom. The summed E-state index contributed by atoms with van der Waals surface area (Å²) in [7, 11) is 0. The molecule has 0 aromatic heterocycles. The Morgan fingerprint density at radius 3 is 2.59 bits per heavy atom. The van der Waals surface area contributed by atoms with Crippen molar-refractivity contribution in [2.45, 2.75) is 32.6 Å².